The molecule has 0 saturated carbocycles. The van der Waals surface area contributed by atoms with Crippen LogP contribution in [0.5, 0.6) is 5.75 Å². The molecule has 152 valence electrons. The van der Waals surface area contributed by atoms with Crippen molar-refractivity contribution in [3.8, 4) is 5.75 Å². The molecule has 1 aliphatic rings. The summed E-state index contributed by atoms with van der Waals surface area (Å²) in [5.74, 6) is 1.80. The number of fused-ring (bicyclic) bond motifs is 3. The monoisotopic (exact) mass is 528 g/mol. The minimum absolute atomic E-state index is 0.470. The fourth-order valence-electron chi connectivity index (χ4n) is 3.60. The molecule has 1 aliphatic heterocycles. The van der Waals surface area contributed by atoms with Gasteiger partial charge in [-0.1, -0.05) is 46.3 Å². The van der Waals surface area contributed by atoms with Crippen molar-refractivity contribution in [2.45, 2.75) is 6.54 Å². The number of halogens is 3. The quantitative estimate of drug-likeness (QED) is 0.252. The Kier molecular flexibility index (Phi) is 6.75. The van der Waals surface area contributed by atoms with Gasteiger partial charge >= 0.3 is 0 Å². The molecule has 0 N–H and O–H groups in total. The number of alkyl halides is 2. The molecule has 0 spiro atoms. The number of hydrogen-bond acceptors (Lipinski definition) is 2. The molecule has 0 fully saturated rings. The van der Waals surface area contributed by atoms with Crippen molar-refractivity contribution in [1.29, 1.82) is 0 Å². The number of rotatable bonds is 6. The highest BCUT2D eigenvalue weighted by molar-refractivity contribution is 9.10. The van der Waals surface area contributed by atoms with E-state index in [1.807, 2.05) is 18.2 Å². The van der Waals surface area contributed by atoms with Gasteiger partial charge in [-0.05, 0) is 52.9 Å². The van der Waals surface area contributed by atoms with E-state index in [1.165, 1.54) is 10.8 Å². The van der Waals surface area contributed by atoms with Crippen molar-refractivity contribution in [3.63, 3.8) is 0 Å². The zero-order valence-corrected chi connectivity index (χ0v) is 20.4. The summed E-state index contributed by atoms with van der Waals surface area (Å²) in [6.07, 6.45) is 0. The number of hydrogen-bond donors (Lipinski definition) is 0. The van der Waals surface area contributed by atoms with Crippen LogP contribution in [0.3, 0.4) is 0 Å². The molecule has 0 amide bonds. The zero-order chi connectivity index (χ0) is 20.4. The van der Waals surface area contributed by atoms with Crippen LogP contribution in [0.4, 0.5) is 5.69 Å². The van der Waals surface area contributed by atoms with Crippen molar-refractivity contribution >= 4 is 74.0 Å². The van der Waals surface area contributed by atoms with E-state index in [2.05, 4.69) is 67.7 Å². The van der Waals surface area contributed by atoms with Crippen molar-refractivity contribution in [1.82, 2.24) is 4.67 Å². The largest absolute Gasteiger partial charge is 0.437 e. The average Bonchev–Trinajstić information content (AvgIpc) is 2.73. The average molecular weight is 530 g/mol. The van der Waals surface area contributed by atoms with E-state index in [4.69, 9.17) is 39.5 Å². The van der Waals surface area contributed by atoms with Crippen LogP contribution in [0.2, 0.25) is 0 Å². The van der Waals surface area contributed by atoms with E-state index in [9.17, 15) is 0 Å². The van der Waals surface area contributed by atoms with Crippen molar-refractivity contribution < 1.29 is 4.52 Å². The van der Waals surface area contributed by atoms with Crippen LogP contribution >= 0.6 is 45.7 Å². The Morgan fingerprint density at radius 1 is 1.00 bits per heavy atom. The highest BCUT2D eigenvalue weighted by atomic mass is 79.9. The van der Waals surface area contributed by atoms with Crippen LogP contribution < -0.4 is 9.19 Å². The van der Waals surface area contributed by atoms with Gasteiger partial charge in [0.2, 0.25) is 0 Å². The molecular weight excluding hydrogens is 510 g/mol. The third-order valence-electron chi connectivity index (χ3n) is 5.00. The SMILES string of the molecule is S=P1(N(CCCl)CCCl)Oc2ccc3ccccc3c2CN1c1ccc(Br)cc1. The van der Waals surface area contributed by atoms with Gasteiger partial charge in [-0.3, -0.25) is 4.67 Å². The second kappa shape index (κ2) is 9.13. The van der Waals surface area contributed by atoms with E-state index in [-0.39, 0.29) is 0 Å². The van der Waals surface area contributed by atoms with Gasteiger partial charge < -0.3 is 4.52 Å². The van der Waals surface area contributed by atoms with Crippen LogP contribution in [-0.2, 0) is 18.4 Å². The summed E-state index contributed by atoms with van der Waals surface area (Å²) in [4.78, 5) is 0. The first kappa shape index (κ1) is 21.4. The Bertz CT molecular complexity index is 1060. The molecule has 3 aromatic carbocycles. The molecular formula is C21H20BrCl2N2OPS. The Labute approximate surface area is 194 Å². The first-order chi connectivity index (χ1) is 14.1. The summed E-state index contributed by atoms with van der Waals surface area (Å²) in [5.41, 5.74) is 2.19. The van der Waals surface area contributed by atoms with Crippen LogP contribution in [0, 0.1) is 0 Å². The summed E-state index contributed by atoms with van der Waals surface area (Å²) < 4.78 is 12.0. The van der Waals surface area contributed by atoms with Gasteiger partial charge in [-0.25, -0.2) is 4.67 Å². The van der Waals surface area contributed by atoms with Crippen LogP contribution in [0.25, 0.3) is 10.8 Å². The van der Waals surface area contributed by atoms with E-state index in [0.29, 0.717) is 31.4 Å². The highest BCUT2D eigenvalue weighted by Gasteiger charge is 2.40. The third-order valence-corrected chi connectivity index (χ3v) is 9.90. The molecule has 1 heterocycles. The third kappa shape index (κ3) is 4.19. The smallest absolute Gasteiger partial charge is 0.279 e. The molecule has 4 rings (SSSR count). The van der Waals surface area contributed by atoms with Gasteiger partial charge in [0.25, 0.3) is 6.57 Å². The molecule has 3 nitrogen and oxygen atoms in total. The lowest BCUT2D eigenvalue weighted by molar-refractivity contribution is 0.433. The van der Waals surface area contributed by atoms with Gasteiger partial charge in [0, 0.05) is 40.6 Å². The van der Waals surface area contributed by atoms with Crippen molar-refractivity contribution in [2.24, 2.45) is 0 Å². The summed E-state index contributed by atoms with van der Waals surface area (Å²) >= 11 is 22.0. The maximum Gasteiger partial charge on any atom is 0.279 e. The van der Waals surface area contributed by atoms with E-state index < -0.39 is 6.57 Å². The van der Waals surface area contributed by atoms with Crippen molar-refractivity contribution in [2.75, 3.05) is 29.5 Å². The zero-order valence-electron chi connectivity index (χ0n) is 15.6. The molecule has 0 aliphatic carbocycles. The van der Waals surface area contributed by atoms with Gasteiger partial charge in [0.1, 0.15) is 5.75 Å². The summed E-state index contributed by atoms with van der Waals surface area (Å²) in [6, 6.07) is 20.7. The predicted molar refractivity (Wildman–Crippen MR) is 132 cm³/mol. The standard InChI is InChI=1S/C21H20BrCl2N2OPS/c22-17-6-8-18(9-7-17)26-15-20-19-4-2-1-3-16(19)5-10-21(20)27-28(26,29)25(13-11-23)14-12-24/h1-10H,11-15H2. The minimum atomic E-state index is -2.60. The topological polar surface area (TPSA) is 15.7 Å². The second-order valence-electron chi connectivity index (χ2n) is 6.71. The van der Waals surface area contributed by atoms with Gasteiger partial charge in [-0.15, -0.1) is 23.2 Å². The molecule has 8 heteroatoms. The maximum absolute atomic E-state index is 6.64. The number of benzene rings is 3. The Balaban J connectivity index is 1.87. The van der Waals surface area contributed by atoms with Crippen molar-refractivity contribution in [3.05, 3.63) is 70.7 Å². The lowest BCUT2D eigenvalue weighted by atomic mass is 10.0. The van der Waals surface area contributed by atoms with Crippen LogP contribution in [0.1, 0.15) is 5.56 Å². The summed E-state index contributed by atoms with van der Waals surface area (Å²) in [6.45, 7) is -0.668. The Morgan fingerprint density at radius 3 is 2.38 bits per heavy atom. The molecule has 0 bridgehead atoms. The lowest BCUT2D eigenvalue weighted by Gasteiger charge is -2.46. The molecule has 0 saturated heterocycles. The van der Waals surface area contributed by atoms with E-state index >= 15 is 0 Å². The summed E-state index contributed by atoms with van der Waals surface area (Å²) in [7, 11) is 0. The molecule has 0 radical (unpaired) electrons. The minimum Gasteiger partial charge on any atom is -0.437 e. The van der Waals surface area contributed by atoms with Gasteiger partial charge in [0.05, 0.1) is 6.54 Å². The Hall–Kier alpha value is -0.810. The fourth-order valence-corrected chi connectivity index (χ4v) is 8.09. The fraction of sp³-hybridized carbons (Fsp3) is 0.238. The van der Waals surface area contributed by atoms with Crippen LogP contribution in [0.15, 0.2) is 65.1 Å². The molecule has 0 aromatic heterocycles. The van der Waals surface area contributed by atoms with Gasteiger partial charge in [0.15, 0.2) is 0 Å². The molecule has 1 unspecified atom stereocenters. The Morgan fingerprint density at radius 2 is 1.69 bits per heavy atom. The second-order valence-corrected chi connectivity index (χ2v) is 12.0. The maximum atomic E-state index is 6.64. The van der Waals surface area contributed by atoms with E-state index in [0.717, 1.165) is 21.5 Å². The van der Waals surface area contributed by atoms with E-state index in [1.54, 1.807) is 0 Å². The number of nitrogens with zero attached hydrogens (tertiary/aromatic N) is 2. The summed E-state index contributed by atoms with van der Waals surface area (Å²) in [5, 5.41) is 2.38. The highest BCUT2D eigenvalue weighted by Crippen LogP contribution is 2.61. The first-order valence-corrected chi connectivity index (χ1v) is 13.8. The molecule has 29 heavy (non-hydrogen) atoms. The number of anilines is 1. The molecule has 3 aromatic rings. The predicted octanol–water partition coefficient (Wildman–Crippen LogP) is 7.01. The normalized spacial score (nSPS) is 18.7. The first-order valence-electron chi connectivity index (χ1n) is 9.28. The van der Waals surface area contributed by atoms with Gasteiger partial charge in [-0.2, -0.15) is 0 Å². The molecule has 1 atom stereocenters. The van der Waals surface area contributed by atoms with Crippen LogP contribution in [-0.4, -0.2) is 29.5 Å². The lowest BCUT2D eigenvalue weighted by Crippen LogP contribution is -2.38.